The highest BCUT2D eigenvalue weighted by molar-refractivity contribution is 9.10. The van der Waals surface area contributed by atoms with Crippen molar-refractivity contribution in [1.82, 2.24) is 10.2 Å². The minimum absolute atomic E-state index is 0.136. The predicted octanol–water partition coefficient (Wildman–Crippen LogP) is 3.72. The summed E-state index contributed by atoms with van der Waals surface area (Å²) < 4.78 is 32.8. The lowest BCUT2D eigenvalue weighted by atomic mass is 10.1. The van der Waals surface area contributed by atoms with Crippen LogP contribution in [0.3, 0.4) is 0 Å². The van der Waals surface area contributed by atoms with Crippen LogP contribution >= 0.6 is 15.9 Å². The molecule has 0 aliphatic heterocycles. The summed E-state index contributed by atoms with van der Waals surface area (Å²) in [6, 6.07) is 11.7. The van der Waals surface area contributed by atoms with Crippen LogP contribution in [0.25, 0.3) is 0 Å². The Balaban J connectivity index is 2.44. The molecule has 0 saturated carbocycles. The van der Waals surface area contributed by atoms with E-state index in [4.69, 9.17) is 4.74 Å². The number of sulfonamides is 1. The molecule has 0 aliphatic rings. The molecule has 0 fully saturated rings. The first-order valence-corrected chi connectivity index (χ1v) is 13.9. The molecule has 2 rings (SSSR count). The zero-order valence-corrected chi connectivity index (χ0v) is 23.4. The number of benzene rings is 2. The molecule has 0 radical (unpaired) electrons. The number of ether oxygens (including phenoxy) is 1. The third-order valence-corrected chi connectivity index (χ3v) is 7.00. The zero-order chi connectivity index (χ0) is 26.3. The summed E-state index contributed by atoms with van der Waals surface area (Å²) >= 11 is 3.43. The molecule has 1 unspecified atom stereocenters. The maximum atomic E-state index is 13.6. The summed E-state index contributed by atoms with van der Waals surface area (Å²) in [5.41, 5.74) is 1.88. The van der Waals surface area contributed by atoms with Gasteiger partial charge in [-0.25, -0.2) is 8.42 Å². The van der Waals surface area contributed by atoms with Crippen molar-refractivity contribution in [3.8, 4) is 5.75 Å². The summed E-state index contributed by atoms with van der Waals surface area (Å²) in [4.78, 5) is 27.9. The van der Waals surface area contributed by atoms with E-state index in [2.05, 4.69) is 21.2 Å². The summed E-state index contributed by atoms with van der Waals surface area (Å²) in [5.74, 6) is -0.239. The van der Waals surface area contributed by atoms with Crippen molar-refractivity contribution in [2.75, 3.05) is 30.8 Å². The van der Waals surface area contributed by atoms with E-state index >= 15 is 0 Å². The van der Waals surface area contributed by atoms with Crippen LogP contribution in [0.15, 0.2) is 46.9 Å². The van der Waals surface area contributed by atoms with Crippen molar-refractivity contribution in [3.63, 3.8) is 0 Å². The molecule has 0 aromatic heterocycles. The zero-order valence-electron chi connectivity index (χ0n) is 21.0. The number of hydrogen-bond donors (Lipinski definition) is 1. The minimum Gasteiger partial charge on any atom is -0.495 e. The van der Waals surface area contributed by atoms with Crippen LogP contribution in [-0.4, -0.2) is 57.6 Å². The quantitative estimate of drug-likeness (QED) is 0.446. The lowest BCUT2D eigenvalue weighted by molar-refractivity contribution is -0.139. The second-order valence-electron chi connectivity index (χ2n) is 8.91. The Morgan fingerprint density at radius 1 is 1.11 bits per heavy atom. The van der Waals surface area contributed by atoms with Crippen molar-refractivity contribution >= 4 is 43.5 Å². The number of hydrogen-bond acceptors (Lipinski definition) is 5. The first-order valence-electron chi connectivity index (χ1n) is 11.3. The molecule has 2 amide bonds. The maximum Gasteiger partial charge on any atom is 0.244 e. The number of carbonyl (C=O) groups excluding carboxylic acids is 2. The van der Waals surface area contributed by atoms with E-state index in [0.717, 1.165) is 26.2 Å². The van der Waals surface area contributed by atoms with E-state index in [9.17, 15) is 18.0 Å². The second kappa shape index (κ2) is 12.4. The van der Waals surface area contributed by atoms with E-state index in [1.54, 1.807) is 25.1 Å². The number of rotatable bonds is 11. The molecule has 0 heterocycles. The summed E-state index contributed by atoms with van der Waals surface area (Å²) in [5, 5.41) is 2.86. The van der Waals surface area contributed by atoms with Crippen LogP contribution in [0.4, 0.5) is 5.69 Å². The van der Waals surface area contributed by atoms with Crippen molar-refractivity contribution < 1.29 is 22.7 Å². The molecule has 10 heteroatoms. The van der Waals surface area contributed by atoms with Crippen molar-refractivity contribution in [2.45, 2.75) is 40.3 Å². The van der Waals surface area contributed by atoms with Gasteiger partial charge in [-0.15, -0.1) is 0 Å². The SMILES string of the molecule is COc1ccc(C)cc1N(CC(=O)N(Cc1cccc(Br)c1)C(C)C(=O)NCC(C)C)S(C)(=O)=O. The summed E-state index contributed by atoms with van der Waals surface area (Å²) in [6.07, 6.45) is 1.04. The van der Waals surface area contributed by atoms with E-state index in [0.29, 0.717) is 12.3 Å². The van der Waals surface area contributed by atoms with Gasteiger partial charge in [0.05, 0.1) is 19.1 Å². The van der Waals surface area contributed by atoms with Crippen LogP contribution < -0.4 is 14.4 Å². The number of aryl methyl sites for hydroxylation is 1. The fourth-order valence-corrected chi connectivity index (χ4v) is 4.75. The number of amides is 2. The third kappa shape index (κ3) is 8.24. The van der Waals surface area contributed by atoms with Gasteiger partial charge in [0.15, 0.2) is 0 Å². The monoisotopic (exact) mass is 567 g/mol. The van der Waals surface area contributed by atoms with Gasteiger partial charge in [0, 0.05) is 17.6 Å². The van der Waals surface area contributed by atoms with Gasteiger partial charge in [-0.05, 0) is 55.2 Å². The number of anilines is 1. The van der Waals surface area contributed by atoms with Crippen molar-refractivity contribution in [1.29, 1.82) is 0 Å². The van der Waals surface area contributed by atoms with Gasteiger partial charge in [0.25, 0.3) is 0 Å². The molecule has 35 heavy (non-hydrogen) atoms. The molecule has 8 nitrogen and oxygen atoms in total. The molecule has 0 spiro atoms. The van der Waals surface area contributed by atoms with Crippen molar-refractivity contribution in [3.05, 3.63) is 58.1 Å². The fraction of sp³-hybridized carbons (Fsp3) is 0.440. The number of halogens is 1. The number of methoxy groups -OCH3 is 1. The lowest BCUT2D eigenvalue weighted by Gasteiger charge is -2.32. The van der Waals surface area contributed by atoms with E-state index in [-0.39, 0.29) is 24.1 Å². The molecule has 1 N–H and O–H groups in total. The molecular formula is C25H34BrN3O5S. The van der Waals surface area contributed by atoms with Gasteiger partial charge >= 0.3 is 0 Å². The first kappa shape index (κ1) is 28.6. The molecule has 192 valence electrons. The third-order valence-electron chi connectivity index (χ3n) is 5.38. The largest absolute Gasteiger partial charge is 0.495 e. The topological polar surface area (TPSA) is 96.0 Å². The number of nitrogens with zero attached hydrogens (tertiary/aromatic N) is 2. The highest BCUT2D eigenvalue weighted by Crippen LogP contribution is 2.31. The smallest absolute Gasteiger partial charge is 0.244 e. The van der Waals surface area contributed by atoms with Gasteiger partial charge < -0.3 is 15.0 Å². The Morgan fingerprint density at radius 2 is 1.80 bits per heavy atom. The Kier molecular flexibility index (Phi) is 10.1. The van der Waals surface area contributed by atoms with Gasteiger partial charge in [0.2, 0.25) is 21.8 Å². The van der Waals surface area contributed by atoms with E-state index in [1.165, 1.54) is 12.0 Å². The maximum absolute atomic E-state index is 13.6. The average Bonchev–Trinajstić information content (AvgIpc) is 2.78. The van der Waals surface area contributed by atoms with Crippen LogP contribution in [0.5, 0.6) is 5.75 Å². The predicted molar refractivity (Wildman–Crippen MR) is 142 cm³/mol. The number of nitrogens with one attached hydrogen (secondary N) is 1. The summed E-state index contributed by atoms with van der Waals surface area (Å²) in [6.45, 7) is 7.56. The molecular weight excluding hydrogens is 534 g/mol. The molecule has 2 aromatic rings. The van der Waals surface area contributed by atoms with Gasteiger partial charge in [0.1, 0.15) is 18.3 Å². The number of carbonyl (C=O) groups is 2. The van der Waals surface area contributed by atoms with Crippen LogP contribution in [0.1, 0.15) is 31.9 Å². The van der Waals surface area contributed by atoms with Gasteiger partial charge in [-0.2, -0.15) is 0 Å². The van der Waals surface area contributed by atoms with Gasteiger partial charge in [-0.1, -0.05) is 48.0 Å². The average molecular weight is 569 g/mol. The Morgan fingerprint density at radius 3 is 2.37 bits per heavy atom. The fourth-order valence-electron chi connectivity index (χ4n) is 3.46. The van der Waals surface area contributed by atoms with Crippen LogP contribution in [0.2, 0.25) is 0 Å². The molecule has 2 aromatic carbocycles. The Bertz CT molecular complexity index is 1150. The normalized spacial score (nSPS) is 12.2. The molecule has 0 saturated heterocycles. The first-order chi connectivity index (χ1) is 16.3. The molecule has 1 atom stereocenters. The second-order valence-corrected chi connectivity index (χ2v) is 11.7. The summed E-state index contributed by atoms with van der Waals surface area (Å²) in [7, 11) is -2.40. The van der Waals surface area contributed by atoms with Crippen LogP contribution in [0, 0.1) is 12.8 Å². The van der Waals surface area contributed by atoms with Crippen LogP contribution in [-0.2, 0) is 26.2 Å². The Hall–Kier alpha value is -2.59. The van der Waals surface area contributed by atoms with E-state index in [1.807, 2.05) is 45.0 Å². The Labute approximate surface area is 216 Å². The van der Waals surface area contributed by atoms with E-state index < -0.39 is 28.5 Å². The minimum atomic E-state index is -3.85. The van der Waals surface area contributed by atoms with Crippen molar-refractivity contribution in [2.24, 2.45) is 5.92 Å². The molecule has 0 aliphatic carbocycles. The molecule has 0 bridgehead atoms. The van der Waals surface area contributed by atoms with Gasteiger partial charge in [-0.3, -0.25) is 13.9 Å². The highest BCUT2D eigenvalue weighted by Gasteiger charge is 2.31. The lowest BCUT2D eigenvalue weighted by Crippen LogP contribution is -2.51. The highest BCUT2D eigenvalue weighted by atomic mass is 79.9. The standard InChI is InChI=1S/C25H34BrN3O5S/c1-17(2)14-27-25(31)19(4)28(15-20-8-7-9-21(26)13-20)24(30)16-29(35(6,32)33)22-12-18(3)10-11-23(22)34-5/h7-13,17,19H,14-16H2,1-6H3,(H,27,31).